The Labute approximate surface area is 152 Å². The van der Waals surface area contributed by atoms with Crippen LogP contribution >= 0.6 is 0 Å². The number of rotatable bonds is 6. The minimum absolute atomic E-state index is 0.0407. The second-order valence-corrected chi connectivity index (χ2v) is 6.17. The van der Waals surface area contributed by atoms with Crippen molar-refractivity contribution >= 4 is 6.09 Å². The molecule has 2 aromatic rings. The molecule has 0 saturated heterocycles. The number of hydrogen-bond donors (Lipinski definition) is 1. The Hall–Kier alpha value is -2.83. The van der Waals surface area contributed by atoms with Crippen LogP contribution in [0.3, 0.4) is 0 Å². The van der Waals surface area contributed by atoms with Crippen molar-refractivity contribution in [3.63, 3.8) is 0 Å². The van der Waals surface area contributed by atoms with Gasteiger partial charge in [-0.3, -0.25) is 0 Å². The zero-order valence-corrected chi connectivity index (χ0v) is 14.8. The van der Waals surface area contributed by atoms with Gasteiger partial charge in [0.15, 0.2) is 0 Å². The number of methoxy groups -OCH3 is 1. The summed E-state index contributed by atoms with van der Waals surface area (Å²) >= 11 is 0. The zero-order valence-electron chi connectivity index (χ0n) is 14.8. The molecule has 0 aliphatic heterocycles. The second kappa shape index (κ2) is 9.03. The van der Waals surface area contributed by atoms with E-state index in [0.29, 0.717) is 11.8 Å². The molecular weight excluding hydrogens is 334 g/mol. The number of amides is 1. The van der Waals surface area contributed by atoms with Crippen LogP contribution in [0.1, 0.15) is 31.2 Å². The molecule has 0 bridgehead atoms. The zero-order chi connectivity index (χ0) is 18.2. The highest BCUT2D eigenvalue weighted by atomic mass is 16.5. The van der Waals surface area contributed by atoms with Gasteiger partial charge in [-0.2, -0.15) is 0 Å². The van der Waals surface area contributed by atoms with Gasteiger partial charge in [0.2, 0.25) is 0 Å². The number of hydrogen-bond acceptors (Lipinski definition) is 6. The molecule has 1 fully saturated rings. The lowest BCUT2D eigenvalue weighted by molar-refractivity contribution is 0.112. The Kier molecular flexibility index (Phi) is 6.24. The highest BCUT2D eigenvalue weighted by Crippen LogP contribution is 2.27. The first-order valence-corrected chi connectivity index (χ1v) is 8.73. The molecule has 1 amide bonds. The van der Waals surface area contributed by atoms with Crippen LogP contribution in [-0.4, -0.2) is 35.3 Å². The minimum Gasteiger partial charge on any atom is -0.477 e. The third-order valence-electron chi connectivity index (χ3n) is 4.31. The van der Waals surface area contributed by atoms with E-state index in [1.54, 1.807) is 19.5 Å². The Morgan fingerprint density at radius 1 is 1.08 bits per heavy atom. The molecule has 1 aliphatic carbocycles. The smallest absolute Gasteiger partial charge is 0.407 e. The minimum atomic E-state index is -0.381. The number of carbonyl (C=O) groups excluding carboxylic acids is 1. The van der Waals surface area contributed by atoms with E-state index >= 15 is 0 Å². The Morgan fingerprint density at radius 2 is 1.77 bits per heavy atom. The highest BCUT2D eigenvalue weighted by Gasteiger charge is 2.25. The van der Waals surface area contributed by atoms with Crippen LogP contribution in [0.4, 0.5) is 4.79 Å². The van der Waals surface area contributed by atoms with Gasteiger partial charge < -0.3 is 19.5 Å². The number of benzene rings is 1. The molecule has 0 unspecified atom stereocenters. The molecule has 1 aliphatic rings. The number of alkyl carbamates (subject to hydrolysis) is 1. The van der Waals surface area contributed by atoms with Gasteiger partial charge in [0.25, 0.3) is 11.8 Å². The van der Waals surface area contributed by atoms with Crippen LogP contribution in [-0.2, 0) is 11.3 Å². The third-order valence-corrected chi connectivity index (χ3v) is 4.31. The van der Waals surface area contributed by atoms with Gasteiger partial charge in [-0.15, -0.1) is 0 Å². The monoisotopic (exact) mass is 357 g/mol. The first kappa shape index (κ1) is 18.0. The predicted octanol–water partition coefficient (Wildman–Crippen LogP) is 3.10. The van der Waals surface area contributed by atoms with Crippen LogP contribution < -0.4 is 14.8 Å². The summed E-state index contributed by atoms with van der Waals surface area (Å²) in [5.74, 6) is 0.797. The van der Waals surface area contributed by atoms with Gasteiger partial charge in [-0.25, -0.2) is 14.8 Å². The molecule has 26 heavy (non-hydrogen) atoms. The summed E-state index contributed by atoms with van der Waals surface area (Å²) in [5.41, 5.74) is 0.970. The lowest BCUT2D eigenvalue weighted by Gasteiger charge is -2.29. The summed E-state index contributed by atoms with van der Waals surface area (Å²) in [6.45, 7) is 0.275. The van der Waals surface area contributed by atoms with E-state index in [2.05, 4.69) is 15.3 Å². The number of ether oxygens (including phenoxy) is 3. The molecule has 1 heterocycles. The van der Waals surface area contributed by atoms with E-state index in [9.17, 15) is 4.79 Å². The molecule has 1 N–H and O–H groups in total. The summed E-state index contributed by atoms with van der Waals surface area (Å²) in [5, 5.41) is 2.93. The lowest BCUT2D eigenvalue weighted by atomic mass is 9.93. The number of nitrogens with one attached hydrogen (secondary N) is 1. The fourth-order valence-corrected chi connectivity index (χ4v) is 2.95. The topological polar surface area (TPSA) is 82.6 Å². The van der Waals surface area contributed by atoms with Crippen LogP contribution in [0.5, 0.6) is 11.8 Å². The summed E-state index contributed by atoms with van der Waals surface area (Å²) in [7, 11) is 1.54. The van der Waals surface area contributed by atoms with Gasteiger partial charge >= 0.3 is 6.09 Å². The number of nitrogens with zero attached hydrogens (tertiary/aromatic N) is 2. The van der Waals surface area contributed by atoms with E-state index < -0.39 is 0 Å². The van der Waals surface area contributed by atoms with Crippen molar-refractivity contribution < 1.29 is 19.0 Å². The summed E-state index contributed by atoms with van der Waals surface area (Å²) in [6, 6.07) is 9.73. The second-order valence-electron chi connectivity index (χ2n) is 6.17. The van der Waals surface area contributed by atoms with Crippen molar-refractivity contribution in [2.24, 2.45) is 0 Å². The van der Waals surface area contributed by atoms with Crippen molar-refractivity contribution in [3.05, 3.63) is 48.3 Å². The van der Waals surface area contributed by atoms with Crippen molar-refractivity contribution in [3.8, 4) is 11.8 Å². The molecule has 7 nitrogen and oxygen atoms in total. The van der Waals surface area contributed by atoms with Gasteiger partial charge in [0, 0.05) is 18.4 Å². The van der Waals surface area contributed by atoms with Crippen molar-refractivity contribution in [2.45, 2.75) is 44.4 Å². The van der Waals surface area contributed by atoms with Crippen LogP contribution in [0, 0.1) is 0 Å². The largest absolute Gasteiger partial charge is 0.477 e. The van der Waals surface area contributed by atoms with Crippen LogP contribution in [0.25, 0.3) is 0 Å². The first-order chi connectivity index (χ1) is 12.7. The summed E-state index contributed by atoms with van der Waals surface area (Å²) < 4.78 is 16.3. The van der Waals surface area contributed by atoms with E-state index in [-0.39, 0.29) is 24.8 Å². The highest BCUT2D eigenvalue weighted by molar-refractivity contribution is 5.67. The maximum atomic E-state index is 11.9. The summed E-state index contributed by atoms with van der Waals surface area (Å²) in [6.07, 6.45) is 6.10. The fraction of sp³-hybridized carbons (Fsp3) is 0.421. The fourth-order valence-electron chi connectivity index (χ4n) is 2.95. The Bertz CT molecular complexity index is 703. The van der Waals surface area contributed by atoms with Gasteiger partial charge in [-0.1, -0.05) is 30.3 Å². The lowest BCUT2D eigenvalue weighted by Crippen LogP contribution is -2.40. The molecule has 0 atom stereocenters. The van der Waals surface area contributed by atoms with E-state index in [1.165, 1.54) is 0 Å². The molecule has 138 valence electrons. The van der Waals surface area contributed by atoms with E-state index in [0.717, 1.165) is 31.2 Å². The average molecular weight is 357 g/mol. The quantitative estimate of drug-likeness (QED) is 0.855. The normalized spacial score (nSPS) is 19.4. The summed E-state index contributed by atoms with van der Waals surface area (Å²) in [4.78, 5) is 20.2. The molecule has 1 saturated carbocycles. The molecule has 0 spiro atoms. The molecule has 0 radical (unpaired) electrons. The van der Waals surface area contributed by atoms with Gasteiger partial charge in [-0.05, 0) is 31.2 Å². The van der Waals surface area contributed by atoms with Crippen LogP contribution in [0.15, 0.2) is 42.7 Å². The number of aromatic nitrogens is 2. The Balaban J connectivity index is 1.40. The standard InChI is InChI=1S/C19H23N3O4/c1-24-17-18(21-12-11-20-17)26-16-9-7-15(8-10-16)22-19(23)25-13-14-5-3-2-4-6-14/h2-6,11-12,15-16H,7-10,13H2,1H3,(H,22,23). The maximum Gasteiger partial charge on any atom is 0.407 e. The molecule has 3 rings (SSSR count). The van der Waals surface area contributed by atoms with Crippen molar-refractivity contribution in [1.82, 2.24) is 15.3 Å². The first-order valence-electron chi connectivity index (χ1n) is 8.73. The van der Waals surface area contributed by atoms with E-state index in [4.69, 9.17) is 14.2 Å². The predicted molar refractivity (Wildman–Crippen MR) is 95.0 cm³/mol. The van der Waals surface area contributed by atoms with Gasteiger partial charge in [0.05, 0.1) is 7.11 Å². The van der Waals surface area contributed by atoms with Crippen molar-refractivity contribution in [2.75, 3.05) is 7.11 Å². The SMILES string of the molecule is COc1nccnc1OC1CCC(NC(=O)OCc2ccccc2)CC1. The van der Waals surface area contributed by atoms with Gasteiger partial charge in [0.1, 0.15) is 12.7 Å². The maximum absolute atomic E-state index is 11.9. The Morgan fingerprint density at radius 3 is 2.46 bits per heavy atom. The molecule has 1 aromatic carbocycles. The van der Waals surface area contributed by atoms with Crippen molar-refractivity contribution in [1.29, 1.82) is 0 Å². The van der Waals surface area contributed by atoms with Crippen LogP contribution in [0.2, 0.25) is 0 Å². The average Bonchev–Trinajstić information content (AvgIpc) is 2.69. The van der Waals surface area contributed by atoms with E-state index in [1.807, 2.05) is 30.3 Å². The molecule has 7 heteroatoms. The molecule has 1 aromatic heterocycles. The third kappa shape index (κ3) is 5.08. The number of carbonyl (C=O) groups is 1. The molecular formula is C19H23N3O4.